The number of aromatic nitrogens is 2. The second-order valence-electron chi connectivity index (χ2n) is 10.3. The second-order valence-corrected chi connectivity index (χ2v) is 10.3. The van der Waals surface area contributed by atoms with Gasteiger partial charge in [-0.05, 0) is 76.7 Å². The van der Waals surface area contributed by atoms with E-state index in [2.05, 4.69) is 51.3 Å². The Kier molecular flexibility index (Phi) is 7.35. The van der Waals surface area contributed by atoms with Gasteiger partial charge in [0, 0.05) is 30.5 Å². The van der Waals surface area contributed by atoms with Gasteiger partial charge in [0.1, 0.15) is 0 Å². The molecule has 2 N–H and O–H groups in total. The van der Waals surface area contributed by atoms with Gasteiger partial charge in [0.25, 0.3) is 5.91 Å². The molecule has 6 nitrogen and oxygen atoms in total. The minimum Gasteiger partial charge on any atom is -0.478 e. The Labute approximate surface area is 243 Å². The summed E-state index contributed by atoms with van der Waals surface area (Å²) in [6.45, 7) is 2.50. The molecule has 0 aliphatic carbocycles. The zero-order chi connectivity index (χ0) is 29.1. The van der Waals surface area contributed by atoms with Gasteiger partial charge in [0.15, 0.2) is 0 Å². The van der Waals surface area contributed by atoms with E-state index in [1.54, 1.807) is 30.5 Å². The van der Waals surface area contributed by atoms with Crippen LogP contribution in [0, 0.1) is 0 Å². The Balaban J connectivity index is 1.34. The van der Waals surface area contributed by atoms with Crippen LogP contribution in [0.4, 0.5) is 0 Å². The number of aromatic carboxylic acids is 1. The van der Waals surface area contributed by atoms with Gasteiger partial charge in [-0.25, -0.2) is 4.79 Å². The molecule has 0 saturated carbocycles. The molecule has 0 aliphatic rings. The Hall–Kier alpha value is -5.49. The first-order valence-electron chi connectivity index (χ1n) is 13.8. The SMILES string of the molecule is C[C@H](NC(=O)c1cc(-c2ccccc2)cc2ccn(Cc3ccc(-c4cccnc4)cc3)c12)c1ccc(C(=O)O)cc1. The van der Waals surface area contributed by atoms with Crippen LogP contribution in [0.25, 0.3) is 33.2 Å². The van der Waals surface area contributed by atoms with Gasteiger partial charge in [-0.1, -0.05) is 72.8 Å². The fourth-order valence-corrected chi connectivity index (χ4v) is 5.26. The Morgan fingerprint density at radius 1 is 0.810 bits per heavy atom. The van der Waals surface area contributed by atoms with E-state index in [1.807, 2.05) is 67.8 Å². The maximum atomic E-state index is 13.9. The lowest BCUT2D eigenvalue weighted by Gasteiger charge is -2.17. The molecule has 0 aliphatic heterocycles. The molecule has 0 radical (unpaired) electrons. The van der Waals surface area contributed by atoms with E-state index in [1.165, 1.54) is 0 Å². The Morgan fingerprint density at radius 3 is 2.21 bits per heavy atom. The minimum atomic E-state index is -0.981. The monoisotopic (exact) mass is 551 g/mol. The van der Waals surface area contributed by atoms with E-state index in [4.69, 9.17) is 0 Å². The maximum absolute atomic E-state index is 13.9. The van der Waals surface area contributed by atoms with Crippen LogP contribution in [0.2, 0.25) is 0 Å². The van der Waals surface area contributed by atoms with Crippen molar-refractivity contribution in [2.45, 2.75) is 19.5 Å². The van der Waals surface area contributed by atoms with Crippen molar-refractivity contribution in [3.8, 4) is 22.3 Å². The zero-order valence-electron chi connectivity index (χ0n) is 23.1. The standard InChI is InChI=1S/C36H29N3O3/c1-24(26-13-15-29(16-14-26)36(41)42)38-35(40)33-21-32(27-6-3-2-4-7-27)20-30-17-19-39(34(30)33)23-25-9-11-28(12-10-25)31-8-5-18-37-22-31/h2-22,24H,23H2,1H3,(H,38,40)(H,41,42)/t24-/m0/s1. The average molecular weight is 552 g/mol. The number of carbonyl (C=O) groups excluding carboxylic acids is 1. The highest BCUT2D eigenvalue weighted by atomic mass is 16.4. The zero-order valence-corrected chi connectivity index (χ0v) is 23.1. The van der Waals surface area contributed by atoms with Crippen LogP contribution in [-0.4, -0.2) is 26.5 Å². The van der Waals surface area contributed by atoms with Crippen molar-refractivity contribution in [3.05, 3.63) is 150 Å². The normalized spacial score (nSPS) is 11.7. The third-order valence-electron chi connectivity index (χ3n) is 7.52. The molecule has 1 atom stereocenters. The van der Waals surface area contributed by atoms with Gasteiger partial charge in [-0.2, -0.15) is 0 Å². The number of hydrogen-bond acceptors (Lipinski definition) is 3. The average Bonchev–Trinajstić information content (AvgIpc) is 3.44. The molecular weight excluding hydrogens is 522 g/mol. The maximum Gasteiger partial charge on any atom is 0.335 e. The fourth-order valence-electron chi connectivity index (χ4n) is 5.26. The third kappa shape index (κ3) is 5.56. The summed E-state index contributed by atoms with van der Waals surface area (Å²) in [7, 11) is 0. The highest BCUT2D eigenvalue weighted by molar-refractivity contribution is 6.08. The van der Waals surface area contributed by atoms with E-state index in [9.17, 15) is 14.7 Å². The predicted molar refractivity (Wildman–Crippen MR) is 165 cm³/mol. The predicted octanol–water partition coefficient (Wildman–Crippen LogP) is 7.61. The lowest BCUT2D eigenvalue weighted by molar-refractivity contribution is 0.0696. The van der Waals surface area contributed by atoms with Crippen LogP contribution < -0.4 is 5.32 Å². The van der Waals surface area contributed by atoms with E-state index >= 15 is 0 Å². The first-order valence-corrected chi connectivity index (χ1v) is 13.8. The molecule has 6 rings (SSSR count). The molecule has 6 aromatic rings. The van der Waals surface area contributed by atoms with Gasteiger partial charge in [-0.3, -0.25) is 9.78 Å². The van der Waals surface area contributed by atoms with Crippen molar-refractivity contribution in [2.75, 3.05) is 0 Å². The molecule has 4 aromatic carbocycles. The van der Waals surface area contributed by atoms with E-state index in [0.29, 0.717) is 12.1 Å². The molecule has 0 fully saturated rings. The van der Waals surface area contributed by atoms with Crippen LogP contribution in [0.5, 0.6) is 0 Å². The second kappa shape index (κ2) is 11.6. The van der Waals surface area contributed by atoms with Gasteiger partial charge >= 0.3 is 5.97 Å². The van der Waals surface area contributed by atoms with Gasteiger partial charge in [-0.15, -0.1) is 0 Å². The number of carbonyl (C=O) groups is 2. The number of amides is 1. The number of rotatable bonds is 8. The van der Waals surface area contributed by atoms with Crippen molar-refractivity contribution < 1.29 is 14.7 Å². The number of nitrogens with one attached hydrogen (secondary N) is 1. The van der Waals surface area contributed by atoms with Crippen LogP contribution in [0.3, 0.4) is 0 Å². The summed E-state index contributed by atoms with van der Waals surface area (Å²) in [5, 5.41) is 13.3. The molecule has 1 amide bonds. The van der Waals surface area contributed by atoms with Crippen LogP contribution in [-0.2, 0) is 6.54 Å². The lowest BCUT2D eigenvalue weighted by atomic mass is 9.99. The van der Waals surface area contributed by atoms with Crippen molar-refractivity contribution in [1.29, 1.82) is 0 Å². The fraction of sp³-hybridized carbons (Fsp3) is 0.0833. The molecular formula is C36H29N3O3. The smallest absolute Gasteiger partial charge is 0.335 e. The third-order valence-corrected chi connectivity index (χ3v) is 7.52. The van der Waals surface area contributed by atoms with Gasteiger partial charge in [0.05, 0.1) is 22.7 Å². The number of hydrogen-bond donors (Lipinski definition) is 2. The molecule has 0 saturated heterocycles. The molecule has 0 spiro atoms. The number of carboxylic acid groups (broad SMARTS) is 1. The molecule has 6 heteroatoms. The molecule has 0 bridgehead atoms. The van der Waals surface area contributed by atoms with E-state index in [-0.39, 0.29) is 17.5 Å². The Bertz CT molecular complexity index is 1860. The largest absolute Gasteiger partial charge is 0.478 e. The molecule has 0 unspecified atom stereocenters. The van der Waals surface area contributed by atoms with Crippen molar-refractivity contribution in [1.82, 2.24) is 14.9 Å². The lowest BCUT2D eigenvalue weighted by Crippen LogP contribution is -2.27. The first kappa shape index (κ1) is 26.7. The highest BCUT2D eigenvalue weighted by Gasteiger charge is 2.19. The topological polar surface area (TPSA) is 84.2 Å². The van der Waals surface area contributed by atoms with Crippen LogP contribution in [0.1, 0.15) is 44.8 Å². The first-order chi connectivity index (χ1) is 20.5. The van der Waals surface area contributed by atoms with Gasteiger partial charge < -0.3 is 15.0 Å². The number of benzene rings is 4. The minimum absolute atomic E-state index is 0.195. The molecule has 2 heterocycles. The number of carboxylic acids is 1. The number of pyridine rings is 1. The van der Waals surface area contributed by atoms with Crippen LogP contribution in [0.15, 0.2) is 128 Å². The van der Waals surface area contributed by atoms with Gasteiger partial charge in [0.2, 0.25) is 0 Å². The van der Waals surface area contributed by atoms with Crippen molar-refractivity contribution in [3.63, 3.8) is 0 Å². The number of fused-ring (bicyclic) bond motifs is 1. The summed E-state index contributed by atoms with van der Waals surface area (Å²) < 4.78 is 2.12. The van der Waals surface area contributed by atoms with Crippen molar-refractivity contribution >= 4 is 22.8 Å². The molecule has 42 heavy (non-hydrogen) atoms. The highest BCUT2D eigenvalue weighted by Crippen LogP contribution is 2.30. The summed E-state index contributed by atoms with van der Waals surface area (Å²) in [4.78, 5) is 29.4. The molecule has 206 valence electrons. The summed E-state index contributed by atoms with van der Waals surface area (Å²) in [5.41, 5.74) is 7.75. The Morgan fingerprint density at radius 2 is 1.52 bits per heavy atom. The summed E-state index contributed by atoms with van der Waals surface area (Å²) in [6.07, 6.45) is 5.65. The quantitative estimate of drug-likeness (QED) is 0.204. The summed E-state index contributed by atoms with van der Waals surface area (Å²) >= 11 is 0. The van der Waals surface area contributed by atoms with Crippen LogP contribution >= 0.6 is 0 Å². The number of nitrogens with zero attached hydrogens (tertiary/aromatic N) is 2. The summed E-state index contributed by atoms with van der Waals surface area (Å²) in [6, 6.07) is 34.8. The van der Waals surface area contributed by atoms with E-state index in [0.717, 1.165) is 44.3 Å². The summed E-state index contributed by atoms with van der Waals surface area (Å²) in [5.74, 6) is -1.18. The van der Waals surface area contributed by atoms with Crippen molar-refractivity contribution in [2.24, 2.45) is 0 Å². The molecule has 2 aromatic heterocycles. The van der Waals surface area contributed by atoms with E-state index < -0.39 is 5.97 Å².